The minimum atomic E-state index is -0.0356. The van der Waals surface area contributed by atoms with Crippen molar-refractivity contribution in [3.63, 3.8) is 0 Å². The van der Waals surface area contributed by atoms with Crippen LogP contribution in [0.15, 0.2) is 55.0 Å². The van der Waals surface area contributed by atoms with Gasteiger partial charge in [-0.15, -0.1) is 0 Å². The van der Waals surface area contributed by atoms with Crippen LogP contribution in [0.5, 0.6) is 0 Å². The molecule has 1 fully saturated rings. The standard InChI is InChI=1S/C19H19N5O/c25-19(23-15-6-2-1-3-7-15)14-5-4-10-24(13-14)16-11-17-18(22-12-16)21-9-8-20-17/h1-3,6-9,11-12,14H,4-5,10,13H2,(H,23,25)/t14-/m1/s1. The third-order valence-electron chi connectivity index (χ3n) is 4.51. The van der Waals surface area contributed by atoms with Gasteiger partial charge in [-0.1, -0.05) is 18.2 Å². The van der Waals surface area contributed by atoms with Crippen LogP contribution in [0, 0.1) is 5.92 Å². The van der Waals surface area contributed by atoms with E-state index in [0.29, 0.717) is 12.2 Å². The summed E-state index contributed by atoms with van der Waals surface area (Å²) in [4.78, 5) is 27.7. The predicted octanol–water partition coefficient (Wildman–Crippen LogP) is 2.88. The van der Waals surface area contributed by atoms with Gasteiger partial charge in [0.15, 0.2) is 5.65 Å². The number of carbonyl (C=O) groups excluding carboxylic acids is 1. The minimum absolute atomic E-state index is 0.0356. The molecule has 1 atom stereocenters. The summed E-state index contributed by atoms with van der Waals surface area (Å²) in [7, 11) is 0. The molecular weight excluding hydrogens is 314 g/mol. The molecule has 25 heavy (non-hydrogen) atoms. The fourth-order valence-corrected chi connectivity index (χ4v) is 3.21. The molecule has 1 N–H and O–H groups in total. The summed E-state index contributed by atoms with van der Waals surface area (Å²) in [6.07, 6.45) is 7.00. The molecule has 3 heterocycles. The molecule has 126 valence electrons. The summed E-state index contributed by atoms with van der Waals surface area (Å²) in [5.41, 5.74) is 3.25. The number of nitrogens with one attached hydrogen (secondary N) is 1. The van der Waals surface area contributed by atoms with Crippen LogP contribution in [0.3, 0.4) is 0 Å². The Bertz CT molecular complexity index is 883. The summed E-state index contributed by atoms with van der Waals surface area (Å²) in [6.45, 7) is 1.61. The number of carbonyl (C=O) groups is 1. The molecule has 1 amide bonds. The summed E-state index contributed by atoms with van der Waals surface area (Å²) in [5, 5.41) is 3.01. The zero-order valence-corrected chi connectivity index (χ0v) is 13.8. The molecule has 0 unspecified atom stereocenters. The molecule has 1 aliphatic heterocycles. The van der Waals surface area contributed by atoms with Crippen molar-refractivity contribution < 1.29 is 4.79 Å². The van der Waals surface area contributed by atoms with Crippen LogP contribution < -0.4 is 10.2 Å². The smallest absolute Gasteiger partial charge is 0.229 e. The summed E-state index contributed by atoms with van der Waals surface area (Å²) in [5.74, 6) is 0.0379. The monoisotopic (exact) mass is 333 g/mol. The van der Waals surface area contributed by atoms with Crippen molar-refractivity contribution in [2.75, 3.05) is 23.3 Å². The average Bonchev–Trinajstić information content (AvgIpc) is 2.68. The zero-order valence-electron chi connectivity index (χ0n) is 13.8. The number of hydrogen-bond donors (Lipinski definition) is 1. The van der Waals surface area contributed by atoms with Gasteiger partial charge in [0.1, 0.15) is 5.52 Å². The van der Waals surface area contributed by atoms with E-state index in [0.717, 1.165) is 36.3 Å². The first-order chi connectivity index (χ1) is 12.3. The molecule has 1 saturated heterocycles. The first-order valence-corrected chi connectivity index (χ1v) is 8.47. The maximum absolute atomic E-state index is 12.6. The topological polar surface area (TPSA) is 71.0 Å². The van der Waals surface area contributed by atoms with Crippen molar-refractivity contribution in [3.8, 4) is 0 Å². The Morgan fingerprint density at radius 1 is 1.12 bits per heavy atom. The summed E-state index contributed by atoms with van der Waals surface area (Å²) in [6, 6.07) is 11.6. The van der Waals surface area contributed by atoms with Crippen LogP contribution in [-0.2, 0) is 4.79 Å². The number of rotatable bonds is 3. The first kappa shape index (κ1) is 15.5. The van der Waals surface area contributed by atoms with Gasteiger partial charge in [-0.3, -0.25) is 9.78 Å². The largest absolute Gasteiger partial charge is 0.369 e. The lowest BCUT2D eigenvalue weighted by Crippen LogP contribution is -2.40. The predicted molar refractivity (Wildman–Crippen MR) is 97.3 cm³/mol. The number of pyridine rings is 1. The molecule has 3 aromatic rings. The quantitative estimate of drug-likeness (QED) is 0.798. The van der Waals surface area contributed by atoms with E-state index in [1.807, 2.05) is 42.6 Å². The third kappa shape index (κ3) is 3.42. The number of amides is 1. The van der Waals surface area contributed by atoms with Crippen molar-refractivity contribution >= 4 is 28.4 Å². The Kier molecular flexibility index (Phi) is 4.24. The maximum atomic E-state index is 12.6. The molecular formula is C19H19N5O. The maximum Gasteiger partial charge on any atom is 0.229 e. The molecule has 0 aliphatic carbocycles. The van der Waals surface area contributed by atoms with E-state index in [1.54, 1.807) is 12.4 Å². The van der Waals surface area contributed by atoms with Crippen LogP contribution in [0.1, 0.15) is 12.8 Å². The molecule has 4 rings (SSSR count). The number of nitrogens with zero attached hydrogens (tertiary/aromatic N) is 4. The highest BCUT2D eigenvalue weighted by atomic mass is 16.1. The van der Waals surface area contributed by atoms with Gasteiger partial charge in [-0.2, -0.15) is 0 Å². The van der Waals surface area contributed by atoms with Crippen molar-refractivity contribution in [1.29, 1.82) is 0 Å². The van der Waals surface area contributed by atoms with E-state index in [1.165, 1.54) is 0 Å². The van der Waals surface area contributed by atoms with Gasteiger partial charge in [-0.25, -0.2) is 9.97 Å². The molecule has 0 saturated carbocycles. The second-order valence-corrected chi connectivity index (χ2v) is 6.23. The number of hydrogen-bond acceptors (Lipinski definition) is 5. The lowest BCUT2D eigenvalue weighted by molar-refractivity contribution is -0.120. The van der Waals surface area contributed by atoms with Crippen molar-refractivity contribution in [2.24, 2.45) is 5.92 Å². The van der Waals surface area contributed by atoms with E-state index in [-0.39, 0.29) is 11.8 Å². The Labute approximate surface area is 145 Å². The third-order valence-corrected chi connectivity index (χ3v) is 4.51. The Hall–Kier alpha value is -3.02. The SMILES string of the molecule is O=C(Nc1ccccc1)[C@@H]1CCCN(c2cnc3nccnc3c2)C1. The van der Waals surface area contributed by atoms with Crippen molar-refractivity contribution in [3.05, 3.63) is 55.0 Å². The van der Waals surface area contributed by atoms with E-state index >= 15 is 0 Å². The second kappa shape index (κ2) is 6.84. The molecule has 0 bridgehead atoms. The number of aromatic nitrogens is 3. The van der Waals surface area contributed by atoms with Crippen molar-refractivity contribution in [2.45, 2.75) is 12.8 Å². The first-order valence-electron chi connectivity index (χ1n) is 8.47. The van der Waals surface area contributed by atoms with E-state index < -0.39 is 0 Å². The van der Waals surface area contributed by atoms with Gasteiger partial charge in [-0.05, 0) is 31.0 Å². The van der Waals surface area contributed by atoms with E-state index in [4.69, 9.17) is 0 Å². The number of fused-ring (bicyclic) bond motifs is 1. The molecule has 1 aromatic carbocycles. The highest BCUT2D eigenvalue weighted by molar-refractivity contribution is 5.93. The van der Waals surface area contributed by atoms with Crippen LogP contribution in [0.25, 0.3) is 11.2 Å². The minimum Gasteiger partial charge on any atom is -0.369 e. The van der Waals surface area contributed by atoms with Gasteiger partial charge < -0.3 is 10.2 Å². The molecule has 6 heteroatoms. The normalized spacial score (nSPS) is 17.4. The highest BCUT2D eigenvalue weighted by Crippen LogP contribution is 2.25. The number of benzene rings is 1. The fourth-order valence-electron chi connectivity index (χ4n) is 3.21. The molecule has 1 aliphatic rings. The zero-order chi connectivity index (χ0) is 17.1. The Morgan fingerprint density at radius 3 is 2.84 bits per heavy atom. The van der Waals surface area contributed by atoms with Gasteiger partial charge in [0.25, 0.3) is 0 Å². The summed E-state index contributed by atoms with van der Waals surface area (Å²) >= 11 is 0. The van der Waals surface area contributed by atoms with E-state index in [9.17, 15) is 4.79 Å². The molecule has 2 aromatic heterocycles. The lowest BCUT2D eigenvalue weighted by atomic mass is 9.96. The number of anilines is 2. The second-order valence-electron chi connectivity index (χ2n) is 6.23. The van der Waals surface area contributed by atoms with E-state index in [2.05, 4.69) is 25.2 Å². The highest BCUT2D eigenvalue weighted by Gasteiger charge is 2.26. The van der Waals surface area contributed by atoms with Crippen LogP contribution in [-0.4, -0.2) is 33.9 Å². The van der Waals surface area contributed by atoms with Crippen molar-refractivity contribution in [1.82, 2.24) is 15.0 Å². The fraction of sp³-hybridized carbons (Fsp3) is 0.263. The Morgan fingerprint density at radius 2 is 1.96 bits per heavy atom. The average molecular weight is 333 g/mol. The Balaban J connectivity index is 1.49. The van der Waals surface area contributed by atoms with Gasteiger partial charge in [0.05, 0.1) is 17.8 Å². The van der Waals surface area contributed by atoms with Gasteiger partial charge >= 0.3 is 0 Å². The molecule has 0 spiro atoms. The van der Waals surface area contributed by atoms with Crippen LogP contribution >= 0.6 is 0 Å². The van der Waals surface area contributed by atoms with Gasteiger partial charge in [0.2, 0.25) is 5.91 Å². The lowest BCUT2D eigenvalue weighted by Gasteiger charge is -2.33. The molecule has 6 nitrogen and oxygen atoms in total. The summed E-state index contributed by atoms with van der Waals surface area (Å²) < 4.78 is 0. The van der Waals surface area contributed by atoms with Crippen LogP contribution in [0.2, 0.25) is 0 Å². The molecule has 0 radical (unpaired) electrons. The number of piperidine rings is 1. The number of para-hydroxylation sites is 1. The van der Waals surface area contributed by atoms with Gasteiger partial charge in [0, 0.05) is 31.2 Å². The van der Waals surface area contributed by atoms with Crippen LogP contribution in [0.4, 0.5) is 11.4 Å².